The number of hydrogen-bond acceptors (Lipinski definition) is 4. The Morgan fingerprint density at radius 2 is 2.04 bits per heavy atom. The molecule has 1 unspecified atom stereocenters. The summed E-state index contributed by atoms with van der Waals surface area (Å²) in [7, 11) is 1.46. The number of hydrogen-bond donors (Lipinski definition) is 1. The van der Waals surface area contributed by atoms with Crippen LogP contribution < -0.4 is 4.90 Å². The lowest BCUT2D eigenvalue weighted by atomic mass is 9.88. The number of carboxylic acids is 1. The van der Waals surface area contributed by atoms with Gasteiger partial charge in [-0.1, -0.05) is 18.2 Å². The highest BCUT2D eigenvalue weighted by atomic mass is 16.5. The predicted molar refractivity (Wildman–Crippen MR) is 90.3 cm³/mol. The Balaban J connectivity index is 1.73. The number of methoxy groups -OCH3 is 1. The molecule has 7 heteroatoms. The molecule has 1 N–H and O–H groups in total. The first-order valence-corrected chi connectivity index (χ1v) is 8.35. The number of carboxylic acid groups (broad SMARTS) is 1. The van der Waals surface area contributed by atoms with Crippen LogP contribution in [0.4, 0.5) is 5.69 Å². The van der Waals surface area contributed by atoms with Crippen LogP contribution in [0.3, 0.4) is 0 Å². The van der Waals surface area contributed by atoms with Crippen LogP contribution in [0.25, 0.3) is 0 Å². The van der Waals surface area contributed by atoms with Gasteiger partial charge >= 0.3 is 5.97 Å². The van der Waals surface area contributed by atoms with E-state index in [0.717, 1.165) is 11.3 Å². The summed E-state index contributed by atoms with van der Waals surface area (Å²) >= 11 is 0. The fraction of sp³-hybridized carbons (Fsp3) is 0.500. The molecule has 1 saturated heterocycles. The number of anilines is 1. The molecule has 0 radical (unpaired) electrons. The van der Waals surface area contributed by atoms with E-state index in [9.17, 15) is 19.5 Å². The molecule has 7 nitrogen and oxygen atoms in total. The van der Waals surface area contributed by atoms with E-state index in [0.29, 0.717) is 25.8 Å². The minimum atomic E-state index is -1.06. The standard InChI is InChI=1S/C18H22N2O5/c1-25-12-18(17(23)24)8-9-19(11-18)16(22)10-20-14-5-3-2-4-13(14)6-7-15(20)21/h2-5H,6-12H2,1H3,(H,23,24). The summed E-state index contributed by atoms with van der Waals surface area (Å²) < 4.78 is 5.05. The first kappa shape index (κ1) is 17.4. The molecule has 0 aromatic heterocycles. The molecule has 0 spiro atoms. The quantitative estimate of drug-likeness (QED) is 0.856. The molecule has 2 heterocycles. The molecule has 25 heavy (non-hydrogen) atoms. The number of carbonyl (C=O) groups excluding carboxylic acids is 2. The van der Waals surface area contributed by atoms with Gasteiger partial charge in [0.15, 0.2) is 0 Å². The summed E-state index contributed by atoms with van der Waals surface area (Å²) in [5, 5.41) is 9.51. The summed E-state index contributed by atoms with van der Waals surface area (Å²) in [6, 6.07) is 7.57. The van der Waals surface area contributed by atoms with E-state index in [1.54, 1.807) is 0 Å². The number of rotatable bonds is 5. The third-order valence-corrected chi connectivity index (χ3v) is 5.07. The smallest absolute Gasteiger partial charge is 0.313 e. The number of fused-ring (bicyclic) bond motifs is 1. The van der Waals surface area contributed by atoms with Crippen LogP contribution in [0, 0.1) is 5.41 Å². The molecule has 3 rings (SSSR count). The zero-order valence-corrected chi connectivity index (χ0v) is 14.2. The van der Waals surface area contributed by atoms with E-state index in [4.69, 9.17) is 4.74 Å². The Labute approximate surface area is 146 Å². The van der Waals surface area contributed by atoms with Crippen LogP contribution in [0.15, 0.2) is 24.3 Å². The van der Waals surface area contributed by atoms with Crippen molar-refractivity contribution in [3.8, 4) is 0 Å². The Kier molecular flexibility index (Phi) is 4.76. The maximum atomic E-state index is 12.7. The highest BCUT2D eigenvalue weighted by Gasteiger charge is 2.46. The lowest BCUT2D eigenvalue weighted by Crippen LogP contribution is -2.46. The Hall–Kier alpha value is -2.41. The fourth-order valence-corrected chi connectivity index (χ4v) is 3.62. The lowest BCUT2D eigenvalue weighted by Gasteiger charge is -2.30. The Bertz CT molecular complexity index is 704. The van der Waals surface area contributed by atoms with Gasteiger partial charge in [0.1, 0.15) is 12.0 Å². The normalized spacial score (nSPS) is 22.8. The number of aryl methyl sites for hydroxylation is 1. The van der Waals surface area contributed by atoms with Gasteiger partial charge in [0.2, 0.25) is 11.8 Å². The van der Waals surface area contributed by atoms with Crippen molar-refractivity contribution in [1.82, 2.24) is 4.90 Å². The zero-order chi connectivity index (χ0) is 18.0. The highest BCUT2D eigenvalue weighted by molar-refractivity contribution is 6.01. The van der Waals surface area contributed by atoms with Gasteiger partial charge in [0.25, 0.3) is 0 Å². The third kappa shape index (κ3) is 3.24. The monoisotopic (exact) mass is 346 g/mol. The summed E-state index contributed by atoms with van der Waals surface area (Å²) in [5.41, 5.74) is 0.761. The number of para-hydroxylation sites is 1. The first-order valence-electron chi connectivity index (χ1n) is 8.35. The predicted octanol–water partition coefficient (Wildman–Crippen LogP) is 0.916. The molecule has 0 aliphatic carbocycles. The van der Waals surface area contributed by atoms with Gasteiger partial charge < -0.3 is 19.6 Å². The lowest BCUT2D eigenvalue weighted by molar-refractivity contribution is -0.151. The molecule has 1 aromatic rings. The summed E-state index contributed by atoms with van der Waals surface area (Å²) in [4.78, 5) is 39.6. The number of ether oxygens (including phenoxy) is 1. The van der Waals surface area contributed by atoms with Crippen LogP contribution >= 0.6 is 0 Å². The van der Waals surface area contributed by atoms with Crippen LogP contribution in [0.1, 0.15) is 18.4 Å². The van der Waals surface area contributed by atoms with Crippen LogP contribution in [-0.4, -0.2) is 61.1 Å². The Morgan fingerprint density at radius 1 is 1.28 bits per heavy atom. The van der Waals surface area contributed by atoms with E-state index in [1.165, 1.54) is 16.9 Å². The van der Waals surface area contributed by atoms with E-state index >= 15 is 0 Å². The van der Waals surface area contributed by atoms with Crippen molar-refractivity contribution in [2.45, 2.75) is 19.3 Å². The van der Waals surface area contributed by atoms with Crippen molar-refractivity contribution >= 4 is 23.5 Å². The van der Waals surface area contributed by atoms with Gasteiger partial charge in [-0.2, -0.15) is 0 Å². The van der Waals surface area contributed by atoms with Gasteiger partial charge in [-0.25, -0.2) is 0 Å². The van der Waals surface area contributed by atoms with Gasteiger partial charge in [-0.05, 0) is 24.5 Å². The molecule has 2 aliphatic heterocycles. The maximum absolute atomic E-state index is 12.7. The van der Waals surface area contributed by atoms with Crippen molar-refractivity contribution in [1.29, 1.82) is 0 Å². The molecule has 0 bridgehead atoms. The van der Waals surface area contributed by atoms with Gasteiger partial charge in [0.05, 0.1) is 6.61 Å². The molecule has 0 saturated carbocycles. The SMILES string of the molecule is COCC1(C(=O)O)CCN(C(=O)CN2C(=O)CCc3ccccc32)C1. The van der Waals surface area contributed by atoms with Crippen LogP contribution in [0.5, 0.6) is 0 Å². The van der Waals surface area contributed by atoms with Gasteiger partial charge in [0, 0.05) is 32.3 Å². The average molecular weight is 346 g/mol. The van der Waals surface area contributed by atoms with Gasteiger partial charge in [-0.3, -0.25) is 14.4 Å². The second-order valence-electron chi connectivity index (χ2n) is 6.69. The van der Waals surface area contributed by atoms with E-state index < -0.39 is 11.4 Å². The number of aliphatic carboxylic acids is 1. The van der Waals surface area contributed by atoms with Crippen molar-refractivity contribution in [3.63, 3.8) is 0 Å². The molecular weight excluding hydrogens is 324 g/mol. The fourth-order valence-electron chi connectivity index (χ4n) is 3.62. The van der Waals surface area contributed by atoms with Gasteiger partial charge in [-0.15, -0.1) is 0 Å². The molecule has 1 atom stereocenters. The molecule has 1 fully saturated rings. The minimum absolute atomic E-state index is 0.0570. The minimum Gasteiger partial charge on any atom is -0.481 e. The Morgan fingerprint density at radius 3 is 2.76 bits per heavy atom. The van der Waals surface area contributed by atoms with Crippen molar-refractivity contribution < 1.29 is 24.2 Å². The van der Waals surface area contributed by atoms with Crippen LogP contribution in [0.2, 0.25) is 0 Å². The van der Waals surface area contributed by atoms with E-state index in [1.807, 2.05) is 24.3 Å². The largest absolute Gasteiger partial charge is 0.481 e. The number of carbonyl (C=O) groups is 3. The average Bonchev–Trinajstić information content (AvgIpc) is 3.03. The van der Waals surface area contributed by atoms with E-state index in [-0.39, 0.29) is 31.5 Å². The summed E-state index contributed by atoms with van der Waals surface area (Å²) in [6.07, 6.45) is 1.42. The highest BCUT2D eigenvalue weighted by Crippen LogP contribution is 2.32. The molecule has 134 valence electrons. The number of benzene rings is 1. The number of nitrogens with zero attached hydrogens (tertiary/aromatic N) is 2. The maximum Gasteiger partial charge on any atom is 0.313 e. The summed E-state index contributed by atoms with van der Waals surface area (Å²) in [5.74, 6) is -1.26. The second kappa shape index (κ2) is 6.84. The topological polar surface area (TPSA) is 87.2 Å². The second-order valence-corrected chi connectivity index (χ2v) is 6.69. The van der Waals surface area contributed by atoms with Crippen molar-refractivity contribution in [3.05, 3.63) is 29.8 Å². The first-order chi connectivity index (χ1) is 12.0. The third-order valence-electron chi connectivity index (χ3n) is 5.07. The number of amides is 2. The molecule has 2 amide bonds. The van der Waals surface area contributed by atoms with Crippen molar-refractivity contribution in [2.75, 3.05) is 38.3 Å². The number of likely N-dealkylation sites (tertiary alicyclic amines) is 1. The van der Waals surface area contributed by atoms with Crippen molar-refractivity contribution in [2.24, 2.45) is 5.41 Å². The molecule has 2 aliphatic rings. The molecular formula is C18H22N2O5. The molecule has 1 aromatic carbocycles. The van der Waals surface area contributed by atoms with Crippen LogP contribution in [-0.2, 0) is 25.5 Å². The summed E-state index contributed by atoms with van der Waals surface area (Å²) in [6.45, 7) is 0.479. The zero-order valence-electron chi connectivity index (χ0n) is 14.2. The van der Waals surface area contributed by atoms with E-state index in [2.05, 4.69) is 0 Å².